The van der Waals surface area contributed by atoms with Crippen LogP contribution in [0.3, 0.4) is 0 Å². The van der Waals surface area contributed by atoms with E-state index in [1.165, 1.54) is 20.2 Å². The van der Waals surface area contributed by atoms with Gasteiger partial charge in [0.2, 0.25) is 0 Å². The van der Waals surface area contributed by atoms with Gasteiger partial charge in [0.05, 0.1) is 13.3 Å². The summed E-state index contributed by atoms with van der Waals surface area (Å²) in [5.41, 5.74) is 0.116. The lowest BCUT2D eigenvalue weighted by atomic mass is 9.87. The molecule has 0 unspecified atom stereocenters. The molecular formula is C21H21N3O5. The Kier molecular flexibility index (Phi) is 5.63. The number of esters is 1. The van der Waals surface area contributed by atoms with Crippen molar-refractivity contribution in [3.63, 3.8) is 0 Å². The molecule has 0 spiro atoms. The summed E-state index contributed by atoms with van der Waals surface area (Å²) in [6.07, 6.45) is 1.76. The predicted molar refractivity (Wildman–Crippen MR) is 106 cm³/mol. The number of carbonyl (C=O) groups is 3. The van der Waals surface area contributed by atoms with Gasteiger partial charge in [0.1, 0.15) is 5.54 Å². The SMILES string of the molecule is CC[C@@]1(c2ccccc2)NC(=O)N(/N=C\c2ccc(OC(C)=O)c(OC)c2)C1=O. The molecule has 0 aromatic heterocycles. The summed E-state index contributed by atoms with van der Waals surface area (Å²) in [5.74, 6) is -0.327. The number of hydrazone groups is 1. The molecule has 1 heterocycles. The van der Waals surface area contributed by atoms with Crippen LogP contribution in [0.4, 0.5) is 4.79 Å². The Hall–Kier alpha value is -3.68. The van der Waals surface area contributed by atoms with Gasteiger partial charge in [0.15, 0.2) is 11.5 Å². The van der Waals surface area contributed by atoms with Crippen LogP contribution in [0.2, 0.25) is 0 Å². The highest BCUT2D eigenvalue weighted by Gasteiger charge is 2.51. The minimum Gasteiger partial charge on any atom is -0.493 e. The largest absolute Gasteiger partial charge is 0.493 e. The van der Waals surface area contributed by atoms with Crippen molar-refractivity contribution in [2.24, 2.45) is 5.10 Å². The number of carbonyl (C=O) groups excluding carboxylic acids is 3. The summed E-state index contributed by atoms with van der Waals surface area (Å²) in [7, 11) is 1.44. The Balaban J connectivity index is 1.87. The monoisotopic (exact) mass is 395 g/mol. The first-order chi connectivity index (χ1) is 13.9. The van der Waals surface area contributed by atoms with Crippen LogP contribution in [0, 0.1) is 0 Å². The van der Waals surface area contributed by atoms with Gasteiger partial charge in [-0.1, -0.05) is 37.3 Å². The highest BCUT2D eigenvalue weighted by atomic mass is 16.6. The highest BCUT2D eigenvalue weighted by Crippen LogP contribution is 2.32. The van der Waals surface area contributed by atoms with Crippen LogP contribution in [-0.4, -0.2) is 36.2 Å². The molecular weight excluding hydrogens is 374 g/mol. The smallest absolute Gasteiger partial charge is 0.346 e. The Morgan fingerprint density at radius 2 is 1.90 bits per heavy atom. The zero-order chi connectivity index (χ0) is 21.0. The summed E-state index contributed by atoms with van der Waals surface area (Å²) in [5, 5.41) is 7.66. The van der Waals surface area contributed by atoms with E-state index in [1.54, 1.807) is 30.3 Å². The molecule has 29 heavy (non-hydrogen) atoms. The van der Waals surface area contributed by atoms with E-state index in [-0.39, 0.29) is 5.75 Å². The lowest BCUT2D eigenvalue weighted by Crippen LogP contribution is -2.43. The first-order valence-electron chi connectivity index (χ1n) is 9.04. The second kappa shape index (κ2) is 8.14. The van der Waals surface area contributed by atoms with Gasteiger partial charge in [0, 0.05) is 6.92 Å². The van der Waals surface area contributed by atoms with Crippen molar-refractivity contribution in [2.45, 2.75) is 25.8 Å². The number of imide groups is 1. The lowest BCUT2D eigenvalue weighted by molar-refractivity contribution is -0.132. The molecule has 2 aromatic carbocycles. The summed E-state index contributed by atoms with van der Waals surface area (Å²) in [4.78, 5) is 36.6. The second-order valence-corrected chi connectivity index (χ2v) is 6.42. The van der Waals surface area contributed by atoms with Gasteiger partial charge in [-0.3, -0.25) is 9.59 Å². The fourth-order valence-corrected chi connectivity index (χ4v) is 3.16. The van der Waals surface area contributed by atoms with Crippen molar-refractivity contribution < 1.29 is 23.9 Å². The predicted octanol–water partition coefficient (Wildman–Crippen LogP) is 2.81. The minimum absolute atomic E-state index is 0.265. The number of urea groups is 1. The van der Waals surface area contributed by atoms with Crippen molar-refractivity contribution in [1.82, 2.24) is 10.3 Å². The third-order valence-electron chi connectivity index (χ3n) is 4.63. The van der Waals surface area contributed by atoms with Crippen LogP contribution in [-0.2, 0) is 15.1 Å². The zero-order valence-corrected chi connectivity index (χ0v) is 16.3. The molecule has 1 aliphatic rings. The molecule has 150 valence electrons. The molecule has 1 aliphatic heterocycles. The van der Waals surface area contributed by atoms with E-state index in [0.717, 1.165) is 5.01 Å². The van der Waals surface area contributed by atoms with Gasteiger partial charge in [-0.05, 0) is 35.7 Å². The maximum Gasteiger partial charge on any atom is 0.346 e. The Labute approximate surface area is 168 Å². The van der Waals surface area contributed by atoms with Crippen LogP contribution in [0.15, 0.2) is 53.6 Å². The summed E-state index contributed by atoms with van der Waals surface area (Å²) < 4.78 is 10.3. The minimum atomic E-state index is -1.15. The second-order valence-electron chi connectivity index (χ2n) is 6.42. The third-order valence-corrected chi connectivity index (χ3v) is 4.63. The standard InChI is InChI=1S/C21H21N3O5/c1-4-21(16-8-6-5-7-9-16)19(26)24(20(27)23-21)22-13-15-10-11-17(29-14(2)25)18(12-15)28-3/h5-13H,4H2,1-3H3,(H,23,27)/b22-13-/t21-/m0/s1. The van der Waals surface area contributed by atoms with E-state index in [1.807, 2.05) is 25.1 Å². The third kappa shape index (κ3) is 3.82. The van der Waals surface area contributed by atoms with Crippen LogP contribution in [0.1, 0.15) is 31.4 Å². The molecule has 0 aliphatic carbocycles. The summed E-state index contributed by atoms with van der Waals surface area (Å²) >= 11 is 0. The van der Waals surface area contributed by atoms with Gasteiger partial charge in [-0.2, -0.15) is 5.10 Å². The first-order valence-corrected chi connectivity index (χ1v) is 9.04. The zero-order valence-electron chi connectivity index (χ0n) is 16.3. The van der Waals surface area contributed by atoms with Crippen molar-refractivity contribution in [3.8, 4) is 11.5 Å². The van der Waals surface area contributed by atoms with Gasteiger partial charge in [-0.25, -0.2) is 4.79 Å². The topological polar surface area (TPSA) is 97.3 Å². The van der Waals surface area contributed by atoms with E-state index in [9.17, 15) is 14.4 Å². The van der Waals surface area contributed by atoms with E-state index < -0.39 is 23.4 Å². The van der Waals surface area contributed by atoms with Crippen LogP contribution < -0.4 is 14.8 Å². The number of nitrogens with zero attached hydrogens (tertiary/aromatic N) is 2. The Morgan fingerprint density at radius 3 is 2.52 bits per heavy atom. The van der Waals surface area contributed by atoms with Crippen LogP contribution >= 0.6 is 0 Å². The number of nitrogens with one attached hydrogen (secondary N) is 1. The maximum atomic E-state index is 13.0. The molecule has 8 nitrogen and oxygen atoms in total. The highest BCUT2D eigenvalue weighted by molar-refractivity contribution is 6.07. The number of ether oxygens (including phenoxy) is 2. The maximum absolute atomic E-state index is 13.0. The molecule has 0 bridgehead atoms. The molecule has 3 rings (SSSR count). The quantitative estimate of drug-likeness (QED) is 0.351. The van der Waals surface area contributed by atoms with Gasteiger partial charge in [-0.15, -0.1) is 5.01 Å². The first kappa shape index (κ1) is 20.1. The molecule has 1 fully saturated rings. The Bertz CT molecular complexity index is 974. The van der Waals surface area contributed by atoms with Crippen LogP contribution in [0.25, 0.3) is 0 Å². The van der Waals surface area contributed by atoms with Gasteiger partial charge in [0.25, 0.3) is 5.91 Å². The van der Waals surface area contributed by atoms with E-state index in [0.29, 0.717) is 23.3 Å². The molecule has 1 atom stereocenters. The van der Waals surface area contributed by atoms with Crippen molar-refractivity contribution in [3.05, 3.63) is 59.7 Å². The number of amides is 3. The number of benzene rings is 2. The number of hydrogen-bond acceptors (Lipinski definition) is 6. The number of hydrogen-bond donors (Lipinski definition) is 1. The number of methoxy groups -OCH3 is 1. The fourth-order valence-electron chi connectivity index (χ4n) is 3.16. The molecule has 8 heteroatoms. The summed E-state index contributed by atoms with van der Waals surface area (Å²) in [6.45, 7) is 3.12. The van der Waals surface area contributed by atoms with Crippen molar-refractivity contribution >= 4 is 24.1 Å². The normalized spacial score (nSPS) is 18.8. The van der Waals surface area contributed by atoms with Crippen molar-refractivity contribution in [2.75, 3.05) is 7.11 Å². The Morgan fingerprint density at radius 1 is 1.17 bits per heavy atom. The van der Waals surface area contributed by atoms with E-state index >= 15 is 0 Å². The molecule has 0 radical (unpaired) electrons. The van der Waals surface area contributed by atoms with Crippen LogP contribution in [0.5, 0.6) is 11.5 Å². The van der Waals surface area contributed by atoms with Gasteiger partial charge >= 0.3 is 12.0 Å². The average Bonchev–Trinajstić information content (AvgIpc) is 2.97. The average molecular weight is 395 g/mol. The van der Waals surface area contributed by atoms with Crippen molar-refractivity contribution in [1.29, 1.82) is 0 Å². The lowest BCUT2D eigenvalue weighted by Gasteiger charge is -2.24. The van der Waals surface area contributed by atoms with Gasteiger partial charge < -0.3 is 14.8 Å². The molecule has 1 saturated heterocycles. The van der Waals surface area contributed by atoms with E-state index in [4.69, 9.17) is 9.47 Å². The molecule has 0 saturated carbocycles. The fraction of sp³-hybridized carbons (Fsp3) is 0.238. The summed E-state index contributed by atoms with van der Waals surface area (Å²) in [6, 6.07) is 13.2. The number of rotatable bonds is 6. The van der Waals surface area contributed by atoms with E-state index in [2.05, 4.69) is 10.4 Å². The molecule has 1 N–H and O–H groups in total. The molecule has 3 amide bonds. The molecule has 2 aromatic rings.